The lowest BCUT2D eigenvalue weighted by Crippen LogP contribution is -2.74. The first-order valence-electron chi connectivity index (χ1n) is 13.8. The van der Waals surface area contributed by atoms with Gasteiger partial charge in [0.1, 0.15) is 22.2 Å². The van der Waals surface area contributed by atoms with Gasteiger partial charge in [0.2, 0.25) is 28.7 Å². The molecular formula is C28H15N2O18S4+. The molecule has 1 aliphatic heterocycles. The average molecular weight is 796 g/mol. The van der Waals surface area contributed by atoms with Gasteiger partial charge in [-0.3, -0.25) is 37.4 Å². The minimum Gasteiger partial charge on any atom is -0.364 e. The number of rotatable bonds is 6. The fourth-order valence-electron chi connectivity index (χ4n) is 6.33. The van der Waals surface area contributed by atoms with Crippen molar-refractivity contribution in [3.63, 3.8) is 0 Å². The molecule has 1 unspecified atom stereocenters. The lowest BCUT2D eigenvalue weighted by Gasteiger charge is -2.31. The second-order valence-corrected chi connectivity index (χ2v) is 15.9. The largest absolute Gasteiger partial charge is 0.446 e. The quantitative estimate of drug-likeness (QED) is 0.130. The Labute approximate surface area is 290 Å². The normalized spacial score (nSPS) is 17.9. The van der Waals surface area contributed by atoms with E-state index in [0.29, 0.717) is 0 Å². The van der Waals surface area contributed by atoms with Gasteiger partial charge in [0.05, 0.1) is 11.1 Å². The van der Waals surface area contributed by atoms with Crippen LogP contribution in [-0.2, 0) is 41.0 Å². The van der Waals surface area contributed by atoms with Crippen LogP contribution in [0.2, 0.25) is 0 Å². The van der Waals surface area contributed by atoms with Crippen molar-refractivity contribution in [2.75, 3.05) is 5.32 Å². The molecule has 6 N–H and O–H groups in total. The van der Waals surface area contributed by atoms with Gasteiger partial charge in [-0.15, -0.1) is 0 Å². The molecule has 3 aliphatic carbocycles. The van der Waals surface area contributed by atoms with Gasteiger partial charge in [0.25, 0.3) is 20.2 Å². The maximum atomic E-state index is 14.3. The number of anilines is 1. The van der Waals surface area contributed by atoms with E-state index in [9.17, 15) is 71.1 Å². The van der Waals surface area contributed by atoms with Crippen molar-refractivity contribution >= 4 is 81.3 Å². The Morgan fingerprint density at radius 3 is 1.75 bits per heavy atom. The molecule has 1 heterocycles. The van der Waals surface area contributed by atoms with Crippen LogP contribution in [0.25, 0.3) is 0 Å². The van der Waals surface area contributed by atoms with Gasteiger partial charge < -0.3 is 13.7 Å². The van der Waals surface area contributed by atoms with Gasteiger partial charge in [0.15, 0.2) is 22.2 Å². The molecule has 0 saturated carbocycles. The minimum absolute atomic E-state index is 0.00496. The number of hydrogen-bond acceptors (Lipinski definition) is 15. The van der Waals surface area contributed by atoms with Gasteiger partial charge in [0, 0.05) is 33.9 Å². The summed E-state index contributed by atoms with van der Waals surface area (Å²) in [7, 11) is -24.5. The smallest absolute Gasteiger partial charge is 0.364 e. The molecule has 24 heteroatoms. The minimum atomic E-state index is -6.29. The second-order valence-electron chi connectivity index (χ2n) is 11.1. The molecule has 0 radical (unpaired) electrons. The van der Waals surface area contributed by atoms with E-state index in [4.69, 9.17) is 0 Å². The third kappa shape index (κ3) is 5.35. The summed E-state index contributed by atoms with van der Waals surface area (Å²) in [5.41, 5.74) is -4.91. The van der Waals surface area contributed by atoms with E-state index >= 15 is 0 Å². The van der Waals surface area contributed by atoms with Crippen LogP contribution in [0.1, 0.15) is 52.6 Å². The zero-order valence-corrected chi connectivity index (χ0v) is 28.1. The number of nitrogens with one attached hydrogen (secondary N) is 2. The van der Waals surface area contributed by atoms with Crippen molar-refractivity contribution in [2.24, 2.45) is 0 Å². The van der Waals surface area contributed by atoms with Crippen LogP contribution >= 0.6 is 0 Å². The number of benzene rings is 3. The van der Waals surface area contributed by atoms with E-state index in [1.54, 1.807) is 12.1 Å². The zero-order valence-electron chi connectivity index (χ0n) is 24.8. The number of carbonyl (C=O) groups is 4. The molecule has 0 amide bonds. The van der Waals surface area contributed by atoms with E-state index in [2.05, 4.69) is 18.7 Å². The van der Waals surface area contributed by atoms with Crippen molar-refractivity contribution in [2.45, 2.75) is 15.8 Å². The predicted octanol–water partition coefficient (Wildman–Crippen LogP) is -0.789. The summed E-state index contributed by atoms with van der Waals surface area (Å²) in [6.07, 6.45) is 2.65. The number of allylic oxidation sites excluding steroid dienone is 2. The van der Waals surface area contributed by atoms with Crippen LogP contribution in [0, 0.1) is 0 Å². The highest BCUT2D eigenvalue weighted by molar-refractivity contribution is 7.89. The third-order valence-electron chi connectivity index (χ3n) is 8.14. The first kappa shape index (κ1) is 35.0. The molecule has 3 aromatic carbocycles. The van der Waals surface area contributed by atoms with Crippen molar-refractivity contribution < 1.29 is 84.4 Å². The number of Topliss-reactive ketones (excluding diaryl/α,β-unsaturated/α-hetero) is 2. The predicted molar refractivity (Wildman–Crippen MR) is 168 cm³/mol. The summed E-state index contributed by atoms with van der Waals surface area (Å²) < 4.78 is 145. The van der Waals surface area contributed by atoms with Gasteiger partial charge in [-0.1, -0.05) is 24.3 Å². The molecule has 0 saturated heterocycles. The summed E-state index contributed by atoms with van der Waals surface area (Å²) in [6.45, 7) is 0. The molecule has 1 atom stereocenters. The Morgan fingerprint density at radius 2 is 1.17 bits per heavy atom. The van der Waals surface area contributed by atoms with E-state index < -0.39 is 114 Å². The van der Waals surface area contributed by atoms with Gasteiger partial charge >= 0.3 is 20.8 Å². The van der Waals surface area contributed by atoms with Crippen LogP contribution in [-0.4, -0.2) is 86.8 Å². The van der Waals surface area contributed by atoms with E-state index in [1.165, 1.54) is 24.3 Å². The van der Waals surface area contributed by atoms with Crippen LogP contribution < -0.4 is 18.7 Å². The highest BCUT2D eigenvalue weighted by Gasteiger charge is 2.50. The summed E-state index contributed by atoms with van der Waals surface area (Å²) in [6, 6.07) is 7.00. The molecule has 3 aromatic rings. The van der Waals surface area contributed by atoms with Gasteiger partial charge in [-0.2, -0.15) is 33.7 Å². The first-order chi connectivity index (χ1) is 24.0. The molecule has 0 spiro atoms. The Morgan fingerprint density at radius 1 is 0.596 bits per heavy atom. The molecule has 268 valence electrons. The number of ketones is 4. The molecular weight excluding hydrogens is 781 g/mol. The number of fused-ring (bicyclic) bond motifs is 7. The van der Waals surface area contributed by atoms with Gasteiger partial charge in [-0.05, 0) is 18.2 Å². The molecule has 0 aromatic heterocycles. The van der Waals surface area contributed by atoms with E-state index in [0.717, 1.165) is 12.1 Å². The summed E-state index contributed by atoms with van der Waals surface area (Å²) in [4.78, 5) is 53.4. The van der Waals surface area contributed by atoms with Crippen molar-refractivity contribution in [1.29, 1.82) is 0 Å². The zero-order chi connectivity index (χ0) is 38.0. The summed E-state index contributed by atoms with van der Waals surface area (Å²) in [5.74, 6) is -8.64. The fourth-order valence-corrected chi connectivity index (χ4v) is 9.24. The van der Waals surface area contributed by atoms with Gasteiger partial charge in [-0.25, -0.2) is 4.99 Å². The van der Waals surface area contributed by atoms with Crippen LogP contribution in [0.3, 0.4) is 0 Å². The lowest BCUT2D eigenvalue weighted by molar-refractivity contribution is -0.355. The molecule has 7 rings (SSSR count). The summed E-state index contributed by atoms with van der Waals surface area (Å²) in [5, 5.41) is 2.95. The number of carbonyl (C=O) groups excluding carboxylic acids is 4. The molecule has 52 heavy (non-hydrogen) atoms. The number of hydrogen-bond donors (Lipinski definition) is 6. The Bertz CT molecular complexity index is 2890. The summed E-state index contributed by atoms with van der Waals surface area (Å²) >= 11 is 0. The van der Waals surface area contributed by atoms with E-state index in [1.807, 2.05) is 0 Å². The Kier molecular flexibility index (Phi) is 7.41. The third-order valence-corrected chi connectivity index (χ3v) is 10.9. The molecule has 4 aliphatic rings. The highest BCUT2D eigenvalue weighted by atomic mass is 32.3. The van der Waals surface area contributed by atoms with Crippen molar-refractivity contribution in [3.05, 3.63) is 93.1 Å². The maximum absolute atomic E-state index is 14.3. The van der Waals surface area contributed by atoms with Crippen LogP contribution in [0.5, 0.6) is 11.5 Å². The van der Waals surface area contributed by atoms with Crippen LogP contribution in [0.15, 0.2) is 69.5 Å². The highest BCUT2D eigenvalue weighted by Crippen LogP contribution is 2.50. The Balaban J connectivity index is 1.51. The Hall–Kier alpha value is -5.47. The standard InChI is InChI=1S/C28H14N2O18S4/c31-21-9-3-1-2-4-10(9)22(32)15-11(21)5-7-13-19(15)29-14-8-6-12-16(20(14)30-13)24(34)18-17(23(12)33)25(47-51(41,42)43)26(48-52(44,45)46)28(50(38,39)40)27(18)49(35,36)37/h1-8,19,29H,(H,35,36,37)(H,38,39,40)(H,41,42,43)(H,44,45,46)/p+1. The van der Waals surface area contributed by atoms with Crippen molar-refractivity contribution in [3.8, 4) is 11.5 Å². The average Bonchev–Trinajstić information content (AvgIpc) is 3.02. The fraction of sp³-hybridized carbons (Fsp3) is 0.0357. The molecule has 0 bridgehead atoms. The second kappa shape index (κ2) is 11.0. The topological polar surface area (TPSA) is 330 Å². The van der Waals surface area contributed by atoms with Crippen LogP contribution in [0.4, 0.5) is 11.4 Å². The maximum Gasteiger partial charge on any atom is 0.446 e. The molecule has 0 fully saturated rings. The molecule has 20 nitrogen and oxygen atoms in total. The first-order valence-corrected chi connectivity index (χ1v) is 19.4. The van der Waals surface area contributed by atoms with E-state index in [-0.39, 0.29) is 39.4 Å². The monoisotopic (exact) mass is 795 g/mol. The SMILES string of the molecule is O=C1C2=C(C(=O)c3ccccc31)C1Nc3ccc4c(c3[NH+]=C1C=C2)C(=O)c1c(c(OS(=O)(=O)O)c(OS(=O)(=O)O)c(S(=O)(=O)O)c1S(=O)(=O)O)C4=O. The lowest BCUT2D eigenvalue weighted by atomic mass is 9.76. The van der Waals surface area contributed by atoms with Crippen molar-refractivity contribution in [1.82, 2.24) is 0 Å².